The molecule has 1 saturated heterocycles. The fourth-order valence-electron chi connectivity index (χ4n) is 4.23. The average molecular weight is 559 g/mol. The lowest BCUT2D eigenvalue weighted by Gasteiger charge is -2.29. The minimum atomic E-state index is -4.67. The maximum Gasteiger partial charge on any atom is 0.417 e. The van der Waals surface area contributed by atoms with Crippen molar-refractivity contribution in [2.24, 2.45) is 17.8 Å². The largest absolute Gasteiger partial charge is 0.417 e. The van der Waals surface area contributed by atoms with Crippen LogP contribution in [-0.4, -0.2) is 40.5 Å². The number of allylic oxidation sites excluding steroid dienone is 1. The molecule has 204 valence electrons. The Morgan fingerprint density at radius 1 is 1.13 bits per heavy atom. The van der Waals surface area contributed by atoms with Gasteiger partial charge in [0.25, 0.3) is 5.91 Å². The molecule has 1 aliphatic rings. The number of hydrogen-bond acceptors (Lipinski definition) is 6. The predicted octanol–water partition coefficient (Wildman–Crippen LogP) is 5.76. The van der Waals surface area contributed by atoms with Crippen molar-refractivity contribution < 1.29 is 22.8 Å². The third-order valence-electron chi connectivity index (χ3n) is 6.29. The van der Waals surface area contributed by atoms with Crippen LogP contribution < -0.4 is 16.0 Å². The predicted molar refractivity (Wildman–Crippen MR) is 145 cm³/mol. The number of carbonyl (C=O) groups excluding carboxylic acids is 2. The number of piperidine rings is 1. The van der Waals surface area contributed by atoms with Gasteiger partial charge >= 0.3 is 6.18 Å². The van der Waals surface area contributed by atoms with Crippen LogP contribution in [0.2, 0.25) is 5.02 Å². The smallest absolute Gasteiger partial charge is 0.404 e. The molecule has 12 heteroatoms. The van der Waals surface area contributed by atoms with Crippen molar-refractivity contribution >= 4 is 46.6 Å². The zero-order valence-electron chi connectivity index (χ0n) is 21.0. The van der Waals surface area contributed by atoms with Crippen LogP contribution in [0.15, 0.2) is 65.6 Å². The molecule has 1 amide bonds. The van der Waals surface area contributed by atoms with E-state index in [2.05, 4.69) is 20.2 Å². The summed E-state index contributed by atoms with van der Waals surface area (Å²) < 4.78 is 41.3. The number of amides is 1. The second-order valence-electron chi connectivity index (χ2n) is 8.96. The van der Waals surface area contributed by atoms with Crippen LogP contribution >= 0.6 is 11.6 Å². The Balaban J connectivity index is 1.67. The number of imidazole rings is 1. The van der Waals surface area contributed by atoms with Gasteiger partial charge in [-0.25, -0.2) is 4.98 Å². The quantitative estimate of drug-likeness (QED) is 0.218. The van der Waals surface area contributed by atoms with Gasteiger partial charge in [0.05, 0.1) is 27.5 Å². The van der Waals surface area contributed by atoms with Gasteiger partial charge in [0.2, 0.25) is 0 Å². The zero-order valence-corrected chi connectivity index (χ0v) is 21.8. The Hall–Kier alpha value is -4.12. The molecular weight excluding hydrogens is 533 g/mol. The van der Waals surface area contributed by atoms with Crippen LogP contribution in [0.25, 0.3) is 0 Å². The van der Waals surface area contributed by atoms with Gasteiger partial charge in [0.1, 0.15) is 0 Å². The zero-order chi connectivity index (χ0) is 28.2. The van der Waals surface area contributed by atoms with Crippen molar-refractivity contribution in [3.05, 3.63) is 82.5 Å². The number of nitrogens with zero attached hydrogens (tertiary/aromatic N) is 4. The van der Waals surface area contributed by atoms with Crippen LogP contribution in [-0.2, 0) is 13.2 Å². The second kappa shape index (κ2) is 11.7. The Morgan fingerprint density at radius 3 is 2.51 bits per heavy atom. The highest BCUT2D eigenvalue weighted by molar-refractivity contribution is 6.31. The van der Waals surface area contributed by atoms with Crippen molar-refractivity contribution in [2.75, 3.05) is 23.3 Å². The van der Waals surface area contributed by atoms with Gasteiger partial charge in [0, 0.05) is 56.2 Å². The van der Waals surface area contributed by atoms with E-state index in [1.54, 1.807) is 25.4 Å². The summed E-state index contributed by atoms with van der Waals surface area (Å²) in [6, 6.07) is 8.29. The van der Waals surface area contributed by atoms with Crippen molar-refractivity contribution in [3.8, 4) is 0 Å². The maximum atomic E-state index is 13.6. The Labute approximate surface area is 228 Å². The number of aromatic nitrogens is 2. The van der Waals surface area contributed by atoms with Gasteiger partial charge in [-0.1, -0.05) is 11.6 Å². The van der Waals surface area contributed by atoms with E-state index < -0.39 is 28.5 Å². The molecule has 2 heterocycles. The van der Waals surface area contributed by atoms with E-state index in [0.717, 1.165) is 62.6 Å². The summed E-state index contributed by atoms with van der Waals surface area (Å²) >= 11 is 5.68. The first-order valence-corrected chi connectivity index (χ1v) is 12.5. The number of benzene rings is 2. The van der Waals surface area contributed by atoms with Crippen LogP contribution in [0, 0.1) is 0 Å². The van der Waals surface area contributed by atoms with Crippen LogP contribution in [0.1, 0.15) is 45.8 Å². The standard InChI is InChI=1S/C27H26ClF3N6O2/c1-36-12-9-33-25(36)26(39)35-23-8-6-19(37-10-3-2-4-11-37)14-20(23)24(38)17(15-32)16-34-18-5-7-22(28)21(13-18)27(29,30)31/h5-9,12-16H,2-4,10-11,32H2,1H3,(H,35,39)/b17-15+,34-16?. The lowest BCUT2D eigenvalue weighted by molar-refractivity contribution is -0.137. The second-order valence-corrected chi connectivity index (χ2v) is 9.37. The number of hydrogen-bond donors (Lipinski definition) is 2. The first kappa shape index (κ1) is 27.9. The Bertz CT molecular complexity index is 1440. The molecule has 4 rings (SSSR count). The van der Waals surface area contributed by atoms with Crippen molar-refractivity contribution in [1.29, 1.82) is 0 Å². The number of ketones is 1. The lowest BCUT2D eigenvalue weighted by Crippen LogP contribution is -2.29. The van der Waals surface area contributed by atoms with E-state index in [4.69, 9.17) is 17.3 Å². The third kappa shape index (κ3) is 6.48. The number of anilines is 2. The minimum absolute atomic E-state index is 0.0655. The number of nitrogens with one attached hydrogen (secondary N) is 1. The van der Waals surface area contributed by atoms with Crippen LogP contribution in [0.5, 0.6) is 0 Å². The van der Waals surface area contributed by atoms with E-state index >= 15 is 0 Å². The first-order chi connectivity index (χ1) is 18.6. The topological polar surface area (TPSA) is 106 Å². The maximum absolute atomic E-state index is 13.6. The number of aryl methyl sites for hydroxylation is 1. The molecule has 3 aromatic rings. The van der Waals surface area contributed by atoms with E-state index in [-0.39, 0.29) is 28.3 Å². The molecule has 8 nitrogen and oxygen atoms in total. The molecule has 0 atom stereocenters. The van der Waals surface area contributed by atoms with Gasteiger partial charge in [-0.05, 0) is 55.7 Å². The normalized spacial score (nSPS) is 14.6. The average Bonchev–Trinajstić information content (AvgIpc) is 3.35. The minimum Gasteiger partial charge on any atom is -0.404 e. The molecule has 0 unspecified atom stereocenters. The van der Waals surface area contributed by atoms with Crippen molar-refractivity contribution in [1.82, 2.24) is 9.55 Å². The summed E-state index contributed by atoms with van der Waals surface area (Å²) in [5, 5.41) is 2.27. The molecule has 0 saturated carbocycles. The van der Waals surface area contributed by atoms with Crippen LogP contribution in [0.4, 0.5) is 30.2 Å². The molecule has 0 aliphatic carbocycles. The van der Waals surface area contributed by atoms with E-state index in [9.17, 15) is 22.8 Å². The van der Waals surface area contributed by atoms with Crippen LogP contribution in [0.3, 0.4) is 0 Å². The first-order valence-electron chi connectivity index (χ1n) is 12.1. The van der Waals surface area contributed by atoms with Gasteiger partial charge in [-0.15, -0.1) is 0 Å². The molecule has 1 aromatic heterocycles. The third-order valence-corrected chi connectivity index (χ3v) is 6.62. The molecule has 3 N–H and O–H groups in total. The molecular formula is C27H26ClF3N6O2. The summed E-state index contributed by atoms with van der Waals surface area (Å²) in [7, 11) is 1.67. The van der Waals surface area contributed by atoms with E-state index in [1.807, 2.05) is 6.07 Å². The summed E-state index contributed by atoms with van der Waals surface area (Å²) in [5.41, 5.74) is 5.73. The van der Waals surface area contributed by atoms with Gasteiger partial charge in [-0.3, -0.25) is 14.6 Å². The van der Waals surface area contributed by atoms with Gasteiger partial charge < -0.3 is 20.5 Å². The summed E-state index contributed by atoms with van der Waals surface area (Å²) in [4.78, 5) is 36.7. The highest BCUT2D eigenvalue weighted by Gasteiger charge is 2.33. The summed E-state index contributed by atoms with van der Waals surface area (Å²) in [6.45, 7) is 1.65. The monoisotopic (exact) mass is 558 g/mol. The SMILES string of the molecule is Cn1ccnc1C(=O)Nc1ccc(N2CCCCC2)cc1C(=O)/C(C=Nc1ccc(Cl)c(C(F)(F)F)c1)=C/N. The van der Waals surface area contributed by atoms with Crippen molar-refractivity contribution in [2.45, 2.75) is 25.4 Å². The van der Waals surface area contributed by atoms with E-state index in [0.29, 0.717) is 0 Å². The number of rotatable bonds is 7. The summed E-state index contributed by atoms with van der Waals surface area (Å²) in [6.07, 6.45) is 3.69. The number of halogens is 4. The molecule has 1 fully saturated rings. The molecule has 1 aliphatic heterocycles. The fourth-order valence-corrected chi connectivity index (χ4v) is 4.45. The number of alkyl halides is 3. The number of aliphatic imine (C=N–C) groups is 1. The molecule has 2 aromatic carbocycles. The molecule has 0 spiro atoms. The van der Waals surface area contributed by atoms with E-state index in [1.165, 1.54) is 16.8 Å². The summed E-state index contributed by atoms with van der Waals surface area (Å²) in [5.74, 6) is -0.941. The Morgan fingerprint density at radius 2 is 1.87 bits per heavy atom. The number of Topliss-reactive ketones (excluding diaryl/α,β-unsaturated/α-hetero) is 1. The Kier molecular flexibility index (Phi) is 8.39. The van der Waals surface area contributed by atoms with Crippen molar-refractivity contribution in [3.63, 3.8) is 0 Å². The lowest BCUT2D eigenvalue weighted by atomic mass is 10.0. The molecule has 0 radical (unpaired) electrons. The molecule has 0 bridgehead atoms. The number of carbonyl (C=O) groups is 2. The van der Waals surface area contributed by atoms with Gasteiger partial charge in [0.15, 0.2) is 11.6 Å². The number of nitrogens with two attached hydrogens (primary N) is 1. The highest BCUT2D eigenvalue weighted by Crippen LogP contribution is 2.37. The highest BCUT2D eigenvalue weighted by atomic mass is 35.5. The van der Waals surface area contributed by atoms with Gasteiger partial charge in [-0.2, -0.15) is 13.2 Å². The molecule has 39 heavy (non-hydrogen) atoms. The fraction of sp³-hybridized carbons (Fsp3) is 0.259.